The van der Waals surface area contributed by atoms with E-state index in [-0.39, 0.29) is 28.2 Å². The van der Waals surface area contributed by atoms with Gasteiger partial charge in [-0.1, -0.05) is 13.8 Å². The van der Waals surface area contributed by atoms with Crippen molar-refractivity contribution in [3.05, 3.63) is 0 Å². The fraction of sp³-hybridized carbons (Fsp3) is 0.875. The van der Waals surface area contributed by atoms with Gasteiger partial charge in [0, 0.05) is 17.8 Å². The highest BCUT2D eigenvalue weighted by atomic mass is 16.6. The van der Waals surface area contributed by atoms with Crippen molar-refractivity contribution in [1.29, 1.82) is 5.26 Å². The van der Waals surface area contributed by atoms with Gasteiger partial charge in [0.1, 0.15) is 17.1 Å². The van der Waals surface area contributed by atoms with Gasteiger partial charge in [0.25, 0.3) is 0 Å². The molecule has 1 saturated heterocycles. The first-order valence-electron chi connectivity index (χ1n) is 11.3. The number of nitriles is 1. The third kappa shape index (κ3) is 2.00. The van der Waals surface area contributed by atoms with Crippen LogP contribution in [-0.2, 0) is 19.1 Å². The van der Waals surface area contributed by atoms with Gasteiger partial charge < -0.3 is 9.47 Å². The molecule has 1 spiro atoms. The van der Waals surface area contributed by atoms with Crippen LogP contribution in [0.5, 0.6) is 0 Å². The molecule has 0 amide bonds. The quantitative estimate of drug-likeness (QED) is 0.488. The first-order chi connectivity index (χ1) is 13.5. The molecule has 158 valence electrons. The molecule has 9 atom stereocenters. The largest absolute Gasteiger partial charge is 0.459 e. The lowest BCUT2D eigenvalue weighted by atomic mass is 9.42. The van der Waals surface area contributed by atoms with E-state index in [1.807, 2.05) is 6.92 Å². The molecule has 5 fully saturated rings. The second-order valence-electron chi connectivity index (χ2n) is 11.4. The third-order valence-corrected chi connectivity index (χ3v) is 10.6. The van der Waals surface area contributed by atoms with E-state index in [0.717, 1.165) is 38.5 Å². The summed E-state index contributed by atoms with van der Waals surface area (Å²) in [5, 5.41) is 9.68. The molecule has 0 aromatic heterocycles. The maximum Gasteiger partial charge on any atom is 0.303 e. The minimum atomic E-state index is -0.770. The Morgan fingerprint density at radius 2 is 1.72 bits per heavy atom. The molecule has 4 saturated carbocycles. The average Bonchev–Trinajstić information content (AvgIpc) is 3.20. The molecular weight excluding hydrogens is 366 g/mol. The number of hydrogen-bond donors (Lipinski definition) is 0. The minimum absolute atomic E-state index is 0.000118. The molecule has 5 rings (SSSR count). The zero-order valence-electron chi connectivity index (χ0n) is 18.3. The van der Waals surface area contributed by atoms with E-state index in [4.69, 9.17) is 9.47 Å². The maximum atomic E-state index is 12.9. The Balaban J connectivity index is 1.51. The Labute approximate surface area is 173 Å². The van der Waals surface area contributed by atoms with Crippen molar-refractivity contribution in [2.24, 2.45) is 34.5 Å². The van der Waals surface area contributed by atoms with Crippen LogP contribution in [0.2, 0.25) is 0 Å². The molecule has 0 unspecified atom stereocenters. The van der Waals surface area contributed by atoms with E-state index in [9.17, 15) is 14.9 Å². The molecule has 0 aromatic carbocycles. The predicted octanol–water partition coefficient (Wildman–Crippen LogP) is 4.19. The van der Waals surface area contributed by atoms with Gasteiger partial charge in [0.15, 0.2) is 11.4 Å². The lowest BCUT2D eigenvalue weighted by Crippen LogP contribution is -2.62. The summed E-state index contributed by atoms with van der Waals surface area (Å²) in [5.74, 6) is 0.781. The van der Waals surface area contributed by atoms with Crippen LogP contribution in [0.3, 0.4) is 0 Å². The minimum Gasteiger partial charge on any atom is -0.459 e. The van der Waals surface area contributed by atoms with E-state index in [2.05, 4.69) is 26.8 Å². The Morgan fingerprint density at radius 3 is 2.38 bits per heavy atom. The van der Waals surface area contributed by atoms with Gasteiger partial charge in [-0.05, 0) is 76.5 Å². The van der Waals surface area contributed by atoms with Gasteiger partial charge in [-0.25, -0.2) is 0 Å². The van der Waals surface area contributed by atoms with Crippen LogP contribution in [0.25, 0.3) is 0 Å². The van der Waals surface area contributed by atoms with Crippen molar-refractivity contribution < 1.29 is 19.1 Å². The Bertz CT molecular complexity index is 848. The number of carbonyl (C=O) groups is 2. The van der Waals surface area contributed by atoms with Crippen molar-refractivity contribution in [3.63, 3.8) is 0 Å². The van der Waals surface area contributed by atoms with Crippen LogP contribution in [0, 0.1) is 45.8 Å². The number of hydrogen-bond acceptors (Lipinski definition) is 5. The number of Topliss-reactive ketones (excluding diaryl/α,β-unsaturated/α-hetero) is 1. The molecule has 0 radical (unpaired) electrons. The highest BCUT2D eigenvalue weighted by molar-refractivity contribution is 5.96. The van der Waals surface area contributed by atoms with Gasteiger partial charge in [0.2, 0.25) is 0 Å². The summed E-state index contributed by atoms with van der Waals surface area (Å²) in [7, 11) is 0. The lowest BCUT2D eigenvalue weighted by Gasteiger charge is -2.61. The molecule has 4 aliphatic carbocycles. The summed E-state index contributed by atoms with van der Waals surface area (Å²) in [5.41, 5.74) is -1.69. The number of carbonyl (C=O) groups excluding carboxylic acids is 2. The second kappa shape index (κ2) is 5.44. The number of fused-ring (bicyclic) bond motifs is 4. The van der Waals surface area contributed by atoms with E-state index < -0.39 is 17.1 Å². The zero-order chi connectivity index (χ0) is 21.0. The molecular formula is C24H33NO4. The number of nitrogens with zero attached hydrogens (tertiary/aromatic N) is 1. The van der Waals surface area contributed by atoms with E-state index in [0.29, 0.717) is 24.2 Å². The molecule has 0 aromatic rings. The normalized spacial score (nSPS) is 57.6. The first-order valence-corrected chi connectivity index (χ1v) is 11.3. The highest BCUT2D eigenvalue weighted by Crippen LogP contribution is 2.76. The van der Waals surface area contributed by atoms with Gasteiger partial charge >= 0.3 is 5.97 Å². The van der Waals surface area contributed by atoms with Gasteiger partial charge in [-0.15, -0.1) is 0 Å². The van der Waals surface area contributed by atoms with Crippen LogP contribution in [0.4, 0.5) is 0 Å². The predicted molar refractivity (Wildman–Crippen MR) is 106 cm³/mol. The van der Waals surface area contributed by atoms with Gasteiger partial charge in [0.05, 0.1) is 6.07 Å². The van der Waals surface area contributed by atoms with E-state index >= 15 is 0 Å². The smallest absolute Gasteiger partial charge is 0.303 e. The SMILES string of the molecule is CC(=O)O[C@@]1(C)CC[C@H]2[C@@H]3CC[C@@]45O[C@]4(C)C(=O)[C@H](C#N)C[C@]5(C)[C@H]3CC[C@@]21C. The summed E-state index contributed by atoms with van der Waals surface area (Å²) in [6, 6.07) is 2.29. The molecule has 0 bridgehead atoms. The van der Waals surface area contributed by atoms with Crippen LogP contribution in [0.1, 0.15) is 79.6 Å². The molecule has 5 heteroatoms. The summed E-state index contributed by atoms with van der Waals surface area (Å²) >= 11 is 0. The Kier molecular flexibility index (Phi) is 3.66. The first kappa shape index (κ1) is 19.5. The zero-order valence-corrected chi connectivity index (χ0v) is 18.3. The molecule has 5 nitrogen and oxygen atoms in total. The van der Waals surface area contributed by atoms with Crippen molar-refractivity contribution in [3.8, 4) is 6.07 Å². The van der Waals surface area contributed by atoms with Crippen LogP contribution < -0.4 is 0 Å². The summed E-state index contributed by atoms with van der Waals surface area (Å²) in [4.78, 5) is 24.7. The second-order valence-corrected chi connectivity index (χ2v) is 11.4. The topological polar surface area (TPSA) is 79.7 Å². The van der Waals surface area contributed by atoms with Crippen molar-refractivity contribution >= 4 is 11.8 Å². The van der Waals surface area contributed by atoms with Gasteiger partial charge in [-0.3, -0.25) is 9.59 Å². The van der Waals surface area contributed by atoms with Crippen molar-refractivity contribution in [2.45, 2.75) is 96.4 Å². The lowest BCUT2D eigenvalue weighted by molar-refractivity contribution is -0.183. The number of epoxide rings is 1. The van der Waals surface area contributed by atoms with Crippen LogP contribution in [0.15, 0.2) is 0 Å². The van der Waals surface area contributed by atoms with Crippen LogP contribution >= 0.6 is 0 Å². The summed E-state index contributed by atoms with van der Waals surface area (Å²) in [6.07, 6.45) is 6.69. The Morgan fingerprint density at radius 1 is 1.07 bits per heavy atom. The molecule has 0 N–H and O–H groups in total. The number of ether oxygens (including phenoxy) is 2. The standard InChI is InChI=1S/C24H33NO4/c1-14(26)28-22(4)10-8-17-16-6-11-24-21(3,18(16)7-9-20(17,22)2)12-15(13-25)19(27)23(24,5)29-24/h15-18H,6-12H2,1-5H3/t15-,16-,17-,18-,20-,21+,22-,23+,24-/m0/s1. The molecule has 1 aliphatic heterocycles. The maximum absolute atomic E-state index is 12.9. The highest BCUT2D eigenvalue weighted by Gasteiger charge is 2.84. The van der Waals surface area contributed by atoms with E-state index in [1.54, 1.807) is 0 Å². The van der Waals surface area contributed by atoms with Crippen molar-refractivity contribution in [1.82, 2.24) is 0 Å². The Hall–Kier alpha value is -1.41. The fourth-order valence-electron chi connectivity index (χ4n) is 8.94. The monoisotopic (exact) mass is 399 g/mol. The van der Waals surface area contributed by atoms with E-state index in [1.165, 1.54) is 6.92 Å². The van der Waals surface area contributed by atoms with Crippen molar-refractivity contribution in [2.75, 3.05) is 0 Å². The fourth-order valence-corrected chi connectivity index (χ4v) is 8.94. The third-order valence-electron chi connectivity index (χ3n) is 10.6. The molecule has 29 heavy (non-hydrogen) atoms. The number of ketones is 1. The summed E-state index contributed by atoms with van der Waals surface area (Å²) in [6.45, 7) is 10.2. The average molecular weight is 400 g/mol. The summed E-state index contributed by atoms with van der Waals surface area (Å²) < 4.78 is 12.2. The van der Waals surface area contributed by atoms with Crippen LogP contribution in [-0.4, -0.2) is 28.6 Å². The number of rotatable bonds is 1. The number of esters is 1. The van der Waals surface area contributed by atoms with Gasteiger partial charge in [-0.2, -0.15) is 5.26 Å². The molecule has 1 heterocycles. The molecule has 5 aliphatic rings.